The van der Waals surface area contributed by atoms with Crippen LogP contribution in [0.1, 0.15) is 20.8 Å². The summed E-state index contributed by atoms with van der Waals surface area (Å²) in [6.45, 7) is 6.16. The van der Waals surface area contributed by atoms with Crippen LogP contribution in [0.4, 0.5) is 4.39 Å². The third kappa shape index (κ3) is 4.40. The van der Waals surface area contributed by atoms with Gasteiger partial charge in [-0.1, -0.05) is 37.7 Å². The third-order valence-corrected chi connectivity index (χ3v) is 6.43. The van der Waals surface area contributed by atoms with Crippen molar-refractivity contribution in [3.63, 3.8) is 0 Å². The van der Waals surface area contributed by atoms with E-state index in [0.29, 0.717) is 11.7 Å². The van der Waals surface area contributed by atoms with Gasteiger partial charge in [0.15, 0.2) is 0 Å². The highest BCUT2D eigenvalue weighted by atomic mass is 32.2. The molecule has 0 aliphatic rings. The average Bonchev–Trinajstić information content (AvgIpc) is 3.05. The van der Waals surface area contributed by atoms with E-state index >= 15 is 0 Å². The maximum absolute atomic E-state index is 13.1. The number of aromatic nitrogens is 2. The van der Waals surface area contributed by atoms with Crippen molar-refractivity contribution >= 4 is 39.2 Å². The van der Waals surface area contributed by atoms with Crippen LogP contribution in [-0.4, -0.2) is 27.7 Å². The molecule has 1 amide bonds. The number of halogens is 1. The summed E-state index contributed by atoms with van der Waals surface area (Å²) in [5.41, 5.74) is 1.77. The summed E-state index contributed by atoms with van der Waals surface area (Å²) < 4.78 is 14.1. The molecular weight excluding hydrogens is 369 g/mol. The molecule has 0 spiro atoms. The van der Waals surface area contributed by atoms with E-state index < -0.39 is 0 Å². The highest BCUT2D eigenvalue weighted by Crippen LogP contribution is 2.36. The Morgan fingerprint density at radius 2 is 1.96 bits per heavy atom. The number of thioether (sulfide) groups is 1. The molecule has 4 nitrogen and oxygen atoms in total. The Morgan fingerprint density at radius 3 is 2.65 bits per heavy atom. The lowest BCUT2D eigenvalue weighted by molar-refractivity contribution is -0.119. The Labute approximate surface area is 160 Å². The number of thiophene rings is 1. The van der Waals surface area contributed by atoms with Crippen LogP contribution in [0.25, 0.3) is 20.7 Å². The third-order valence-electron chi connectivity index (χ3n) is 4.14. The molecule has 0 fully saturated rings. The molecular formula is C19H20FN3OS2. The van der Waals surface area contributed by atoms with E-state index in [1.807, 2.05) is 13.0 Å². The second kappa shape index (κ2) is 8.14. The molecule has 2 heterocycles. The minimum atomic E-state index is -0.257. The molecule has 2 aromatic heterocycles. The largest absolute Gasteiger partial charge is 0.353 e. The van der Waals surface area contributed by atoms with Crippen LogP contribution >= 0.6 is 23.1 Å². The first kappa shape index (κ1) is 18.8. The minimum Gasteiger partial charge on any atom is -0.353 e. The van der Waals surface area contributed by atoms with Gasteiger partial charge in [-0.3, -0.25) is 4.79 Å². The van der Waals surface area contributed by atoms with Crippen molar-refractivity contribution in [1.29, 1.82) is 0 Å². The number of hydrogen-bond donors (Lipinski definition) is 1. The predicted molar refractivity (Wildman–Crippen MR) is 106 cm³/mol. The second-order valence-electron chi connectivity index (χ2n) is 6.40. The number of hydrogen-bond acceptors (Lipinski definition) is 5. The smallest absolute Gasteiger partial charge is 0.230 e. The Balaban J connectivity index is 1.77. The first-order valence-electron chi connectivity index (χ1n) is 8.36. The quantitative estimate of drug-likeness (QED) is 0.488. The van der Waals surface area contributed by atoms with Gasteiger partial charge in [-0.15, -0.1) is 11.3 Å². The highest BCUT2D eigenvalue weighted by molar-refractivity contribution is 8.00. The maximum atomic E-state index is 13.1. The molecule has 0 unspecified atom stereocenters. The van der Waals surface area contributed by atoms with Crippen molar-refractivity contribution in [2.75, 3.05) is 5.75 Å². The molecule has 0 bridgehead atoms. The molecule has 0 aliphatic carbocycles. The van der Waals surface area contributed by atoms with Crippen LogP contribution in [0.2, 0.25) is 0 Å². The summed E-state index contributed by atoms with van der Waals surface area (Å²) in [5, 5.41) is 3.79. The number of nitrogens with zero attached hydrogens (tertiary/aromatic N) is 2. The van der Waals surface area contributed by atoms with Gasteiger partial charge in [0, 0.05) is 10.9 Å². The van der Waals surface area contributed by atoms with Gasteiger partial charge in [-0.2, -0.15) is 0 Å². The molecule has 3 aromatic rings. The molecule has 3 rings (SSSR count). The van der Waals surface area contributed by atoms with E-state index in [0.717, 1.165) is 25.7 Å². The lowest BCUT2D eigenvalue weighted by atomic mass is 10.1. The zero-order chi connectivity index (χ0) is 18.7. The van der Waals surface area contributed by atoms with Crippen molar-refractivity contribution in [1.82, 2.24) is 15.3 Å². The lowest BCUT2D eigenvalue weighted by Gasteiger charge is -2.17. The lowest BCUT2D eigenvalue weighted by Crippen LogP contribution is -2.37. The SMILES string of the molecule is CC(C)[C@@H](C)NC(=O)CSc1ncnc2cc(-c3ccc(F)cc3)sc12. The van der Waals surface area contributed by atoms with Gasteiger partial charge in [0.25, 0.3) is 0 Å². The van der Waals surface area contributed by atoms with Crippen LogP contribution in [0.15, 0.2) is 41.7 Å². The van der Waals surface area contributed by atoms with E-state index in [2.05, 4.69) is 29.1 Å². The van der Waals surface area contributed by atoms with Crippen LogP contribution < -0.4 is 5.32 Å². The summed E-state index contributed by atoms with van der Waals surface area (Å²) in [6.07, 6.45) is 1.51. The molecule has 0 saturated heterocycles. The van der Waals surface area contributed by atoms with E-state index in [1.54, 1.807) is 23.5 Å². The molecule has 1 aromatic carbocycles. The Morgan fingerprint density at radius 1 is 1.23 bits per heavy atom. The Bertz CT molecular complexity index is 909. The van der Waals surface area contributed by atoms with E-state index in [4.69, 9.17) is 0 Å². The number of rotatable bonds is 6. The first-order chi connectivity index (χ1) is 12.4. The second-order valence-corrected chi connectivity index (χ2v) is 8.42. The zero-order valence-corrected chi connectivity index (χ0v) is 16.5. The van der Waals surface area contributed by atoms with Gasteiger partial charge in [0.05, 0.1) is 16.0 Å². The fourth-order valence-electron chi connectivity index (χ4n) is 2.29. The Kier molecular flexibility index (Phi) is 5.88. The Hall–Kier alpha value is -1.99. The van der Waals surface area contributed by atoms with E-state index in [1.165, 1.54) is 30.2 Å². The van der Waals surface area contributed by atoms with Crippen molar-refractivity contribution in [3.05, 3.63) is 42.5 Å². The molecule has 7 heteroatoms. The van der Waals surface area contributed by atoms with Gasteiger partial charge >= 0.3 is 0 Å². The average molecular weight is 390 g/mol. The summed E-state index contributed by atoms with van der Waals surface area (Å²) in [7, 11) is 0. The summed E-state index contributed by atoms with van der Waals surface area (Å²) in [6, 6.07) is 8.50. The molecule has 1 atom stereocenters. The normalized spacial score (nSPS) is 12.5. The first-order valence-corrected chi connectivity index (χ1v) is 10.2. The molecule has 0 aliphatic heterocycles. The van der Waals surface area contributed by atoms with Crippen molar-refractivity contribution in [3.8, 4) is 10.4 Å². The number of carbonyl (C=O) groups is 1. The zero-order valence-electron chi connectivity index (χ0n) is 14.8. The number of fused-ring (bicyclic) bond motifs is 1. The van der Waals surface area contributed by atoms with Gasteiger partial charge in [0.1, 0.15) is 17.2 Å². The van der Waals surface area contributed by atoms with E-state index in [-0.39, 0.29) is 17.8 Å². The molecule has 0 radical (unpaired) electrons. The molecule has 1 N–H and O–H groups in total. The fraction of sp³-hybridized carbons (Fsp3) is 0.316. The van der Waals surface area contributed by atoms with Crippen LogP contribution in [0.5, 0.6) is 0 Å². The number of nitrogens with one attached hydrogen (secondary N) is 1. The van der Waals surface area contributed by atoms with Crippen molar-refractivity contribution in [2.45, 2.75) is 31.8 Å². The summed E-state index contributed by atoms with van der Waals surface area (Å²) in [5.74, 6) is 0.448. The number of amides is 1. The van der Waals surface area contributed by atoms with Crippen molar-refractivity contribution in [2.24, 2.45) is 5.92 Å². The van der Waals surface area contributed by atoms with Crippen LogP contribution in [0.3, 0.4) is 0 Å². The van der Waals surface area contributed by atoms with Crippen molar-refractivity contribution < 1.29 is 9.18 Å². The topological polar surface area (TPSA) is 54.9 Å². The van der Waals surface area contributed by atoms with E-state index in [9.17, 15) is 9.18 Å². The van der Waals surface area contributed by atoms with Gasteiger partial charge in [-0.05, 0) is 36.6 Å². The van der Waals surface area contributed by atoms with Gasteiger partial charge in [-0.25, -0.2) is 14.4 Å². The standard InChI is InChI=1S/C19H20FN3OS2/c1-11(2)12(3)23-17(24)9-25-19-18-15(21-10-22-19)8-16(26-18)13-4-6-14(20)7-5-13/h4-8,10-12H,9H2,1-3H3,(H,23,24)/t12-/m1/s1. The van der Waals surface area contributed by atoms with Crippen LogP contribution in [-0.2, 0) is 4.79 Å². The summed E-state index contributed by atoms with van der Waals surface area (Å²) >= 11 is 2.96. The monoisotopic (exact) mass is 389 g/mol. The fourth-order valence-corrected chi connectivity index (χ4v) is 4.30. The van der Waals surface area contributed by atoms with Gasteiger partial charge < -0.3 is 5.32 Å². The molecule has 136 valence electrons. The van der Waals surface area contributed by atoms with Gasteiger partial charge in [0.2, 0.25) is 5.91 Å². The molecule has 26 heavy (non-hydrogen) atoms. The number of benzene rings is 1. The maximum Gasteiger partial charge on any atom is 0.230 e. The predicted octanol–water partition coefficient (Wildman–Crippen LogP) is 4.75. The number of carbonyl (C=O) groups excluding carboxylic acids is 1. The van der Waals surface area contributed by atoms with Crippen LogP contribution in [0, 0.1) is 11.7 Å². The minimum absolute atomic E-state index is 0.00160. The molecule has 0 saturated carbocycles. The highest BCUT2D eigenvalue weighted by Gasteiger charge is 2.14. The summed E-state index contributed by atoms with van der Waals surface area (Å²) in [4.78, 5) is 21.8.